The lowest BCUT2D eigenvalue weighted by Gasteiger charge is -2.43. The van der Waals surface area contributed by atoms with Crippen LogP contribution >= 0.6 is 0 Å². The van der Waals surface area contributed by atoms with E-state index in [4.69, 9.17) is 4.74 Å². The second kappa shape index (κ2) is 9.38. The normalized spacial score (nSPS) is 21.8. The first kappa shape index (κ1) is 21.8. The van der Waals surface area contributed by atoms with Crippen molar-refractivity contribution in [3.63, 3.8) is 0 Å². The van der Waals surface area contributed by atoms with Crippen LogP contribution in [0.4, 0.5) is 11.4 Å². The van der Waals surface area contributed by atoms with Crippen molar-refractivity contribution in [2.24, 2.45) is 0 Å². The fourth-order valence-corrected chi connectivity index (χ4v) is 5.67. The quantitative estimate of drug-likeness (QED) is 0.742. The van der Waals surface area contributed by atoms with Gasteiger partial charge in [0.2, 0.25) is 5.91 Å². The van der Waals surface area contributed by atoms with Gasteiger partial charge in [0, 0.05) is 25.3 Å². The molecule has 0 aromatic heterocycles. The maximum absolute atomic E-state index is 13.0. The van der Waals surface area contributed by atoms with Gasteiger partial charge in [-0.2, -0.15) is 0 Å². The van der Waals surface area contributed by atoms with E-state index in [9.17, 15) is 13.2 Å². The third-order valence-electron chi connectivity index (χ3n) is 6.09. The van der Waals surface area contributed by atoms with Crippen molar-refractivity contribution < 1.29 is 17.9 Å². The van der Waals surface area contributed by atoms with E-state index in [1.807, 2.05) is 6.07 Å². The van der Waals surface area contributed by atoms with Gasteiger partial charge >= 0.3 is 0 Å². The fraction of sp³-hybridized carbons (Fsp3) is 0.435. The van der Waals surface area contributed by atoms with Crippen LogP contribution in [0.3, 0.4) is 0 Å². The molecule has 2 aliphatic rings. The van der Waals surface area contributed by atoms with Gasteiger partial charge in [-0.05, 0) is 43.2 Å². The Morgan fingerprint density at radius 3 is 2.71 bits per heavy atom. The van der Waals surface area contributed by atoms with Crippen molar-refractivity contribution in [3.05, 3.63) is 54.6 Å². The Morgan fingerprint density at radius 1 is 1.13 bits per heavy atom. The zero-order valence-corrected chi connectivity index (χ0v) is 18.6. The molecule has 2 aromatic rings. The summed E-state index contributed by atoms with van der Waals surface area (Å²) in [5.41, 5.74) is 1.05. The van der Waals surface area contributed by atoms with Gasteiger partial charge in [0.15, 0.2) is 0 Å². The van der Waals surface area contributed by atoms with E-state index in [2.05, 4.69) is 10.2 Å². The molecule has 0 radical (unpaired) electrons. The van der Waals surface area contributed by atoms with Crippen LogP contribution in [0.25, 0.3) is 0 Å². The summed E-state index contributed by atoms with van der Waals surface area (Å²) >= 11 is 0. The highest BCUT2D eigenvalue weighted by molar-refractivity contribution is 7.92. The topological polar surface area (TPSA) is 79.0 Å². The summed E-state index contributed by atoms with van der Waals surface area (Å²) in [5.74, 6) is -0.141. The monoisotopic (exact) mass is 443 g/mol. The van der Waals surface area contributed by atoms with E-state index < -0.39 is 10.0 Å². The number of hydrogen-bond acceptors (Lipinski definition) is 5. The molecule has 1 saturated carbocycles. The molecule has 1 heterocycles. The molecule has 2 aromatic carbocycles. The van der Waals surface area contributed by atoms with E-state index in [0.29, 0.717) is 24.0 Å². The van der Waals surface area contributed by atoms with E-state index in [1.54, 1.807) is 42.5 Å². The molecule has 2 fully saturated rings. The molecular weight excluding hydrogens is 414 g/mol. The van der Waals surface area contributed by atoms with Gasteiger partial charge in [0.25, 0.3) is 10.0 Å². The number of fused-ring (bicyclic) bond motifs is 1. The lowest BCUT2D eigenvalue weighted by Crippen LogP contribution is -2.54. The van der Waals surface area contributed by atoms with Gasteiger partial charge < -0.3 is 10.1 Å². The van der Waals surface area contributed by atoms with Crippen LogP contribution < -0.4 is 9.62 Å². The van der Waals surface area contributed by atoms with Crippen LogP contribution in [0.15, 0.2) is 59.5 Å². The van der Waals surface area contributed by atoms with Crippen molar-refractivity contribution in [1.82, 2.24) is 4.90 Å². The Kier molecular flexibility index (Phi) is 6.60. The van der Waals surface area contributed by atoms with Crippen LogP contribution in [0.1, 0.15) is 25.7 Å². The Morgan fingerprint density at radius 2 is 1.90 bits per heavy atom. The average molecular weight is 444 g/mol. The number of morpholine rings is 1. The standard InChI is InChI=1S/C23H29N3O4S/c1-25(19-9-3-2-4-10-19)31(28,29)20-11-7-8-18(16-20)24-23(27)17-26-14-15-30-22-13-6-5-12-21(22)26/h2-4,7-11,16,21-22H,5-6,12-15,17H2,1H3,(H,24,27). The Bertz CT molecular complexity index is 1010. The molecule has 2 atom stereocenters. The summed E-state index contributed by atoms with van der Waals surface area (Å²) in [6.45, 7) is 1.67. The first-order valence-corrected chi connectivity index (χ1v) is 12.2. The number of benzene rings is 2. The minimum absolute atomic E-state index is 0.135. The molecule has 4 rings (SSSR count). The predicted octanol–water partition coefficient (Wildman–Crippen LogP) is 3.09. The second-order valence-electron chi connectivity index (χ2n) is 8.12. The van der Waals surface area contributed by atoms with Crippen molar-refractivity contribution in [2.45, 2.75) is 42.7 Å². The van der Waals surface area contributed by atoms with Crippen molar-refractivity contribution in [2.75, 3.05) is 36.4 Å². The number of ether oxygens (including phenoxy) is 1. The molecule has 166 valence electrons. The van der Waals surface area contributed by atoms with Crippen molar-refractivity contribution in [1.29, 1.82) is 0 Å². The lowest BCUT2D eigenvalue weighted by atomic mass is 9.90. The molecule has 1 N–H and O–H groups in total. The number of anilines is 2. The Balaban J connectivity index is 1.44. The van der Waals surface area contributed by atoms with Crippen molar-refractivity contribution >= 4 is 27.3 Å². The molecule has 1 amide bonds. The molecule has 0 spiro atoms. The largest absolute Gasteiger partial charge is 0.375 e. The molecule has 1 aliphatic carbocycles. The van der Waals surface area contributed by atoms with Gasteiger partial charge in [-0.25, -0.2) is 8.42 Å². The van der Waals surface area contributed by atoms with E-state index in [1.165, 1.54) is 23.8 Å². The SMILES string of the molecule is CN(c1ccccc1)S(=O)(=O)c1cccc(NC(=O)CN2CCOC3CCCCC32)c1. The van der Waals surface area contributed by atoms with Gasteiger partial charge in [-0.1, -0.05) is 37.1 Å². The summed E-state index contributed by atoms with van der Waals surface area (Å²) in [4.78, 5) is 15.1. The number of nitrogens with zero attached hydrogens (tertiary/aromatic N) is 2. The summed E-state index contributed by atoms with van der Waals surface area (Å²) in [7, 11) is -2.22. The molecule has 7 nitrogen and oxygen atoms in total. The fourth-order valence-electron chi connectivity index (χ4n) is 4.43. The molecule has 1 saturated heterocycles. The van der Waals surface area contributed by atoms with E-state index in [-0.39, 0.29) is 23.5 Å². The Hall–Kier alpha value is -2.42. The van der Waals surface area contributed by atoms with Crippen LogP contribution in [-0.4, -0.2) is 58.1 Å². The number of hydrogen-bond donors (Lipinski definition) is 1. The van der Waals surface area contributed by atoms with Crippen molar-refractivity contribution in [3.8, 4) is 0 Å². The Labute approximate surface area is 184 Å². The zero-order chi connectivity index (χ0) is 21.8. The van der Waals surface area contributed by atoms with Gasteiger partial charge in [0.1, 0.15) is 0 Å². The summed E-state index contributed by atoms with van der Waals surface area (Å²) in [6.07, 6.45) is 4.67. The van der Waals surface area contributed by atoms with Gasteiger partial charge in [0.05, 0.1) is 29.8 Å². The predicted molar refractivity (Wildman–Crippen MR) is 121 cm³/mol. The number of amides is 1. The summed E-state index contributed by atoms with van der Waals surface area (Å²) < 4.78 is 33.2. The number of rotatable bonds is 6. The third-order valence-corrected chi connectivity index (χ3v) is 7.87. The van der Waals surface area contributed by atoms with Gasteiger partial charge in [-0.3, -0.25) is 14.0 Å². The number of sulfonamides is 1. The highest BCUT2D eigenvalue weighted by Crippen LogP contribution is 2.28. The number of para-hydroxylation sites is 1. The minimum atomic E-state index is -3.74. The molecule has 0 bridgehead atoms. The lowest BCUT2D eigenvalue weighted by molar-refractivity contribution is -0.124. The zero-order valence-electron chi connectivity index (χ0n) is 17.7. The molecule has 8 heteroatoms. The van der Waals surface area contributed by atoms with Crippen LogP contribution in [-0.2, 0) is 19.6 Å². The third kappa shape index (κ3) is 4.92. The second-order valence-corrected chi connectivity index (χ2v) is 10.1. The number of nitrogens with one attached hydrogen (secondary N) is 1. The van der Waals surface area contributed by atoms with Crippen LogP contribution in [0.2, 0.25) is 0 Å². The summed E-state index contributed by atoms with van der Waals surface area (Å²) in [6, 6.07) is 15.6. The maximum Gasteiger partial charge on any atom is 0.264 e. The average Bonchev–Trinajstić information content (AvgIpc) is 2.79. The molecule has 1 aliphatic heterocycles. The molecule has 31 heavy (non-hydrogen) atoms. The van der Waals surface area contributed by atoms with E-state index in [0.717, 1.165) is 25.8 Å². The highest BCUT2D eigenvalue weighted by Gasteiger charge is 2.34. The van der Waals surface area contributed by atoms with Gasteiger partial charge in [-0.15, -0.1) is 0 Å². The first-order valence-electron chi connectivity index (χ1n) is 10.7. The first-order chi connectivity index (χ1) is 14.9. The smallest absolute Gasteiger partial charge is 0.264 e. The van der Waals surface area contributed by atoms with E-state index >= 15 is 0 Å². The molecular formula is C23H29N3O4S. The van der Waals surface area contributed by atoms with Crippen LogP contribution in [0, 0.1) is 0 Å². The number of carbonyl (C=O) groups excluding carboxylic acids is 1. The minimum Gasteiger partial charge on any atom is -0.375 e. The number of carbonyl (C=O) groups is 1. The highest BCUT2D eigenvalue weighted by atomic mass is 32.2. The maximum atomic E-state index is 13.0. The summed E-state index contributed by atoms with van der Waals surface area (Å²) in [5, 5.41) is 2.87. The molecule has 2 unspecified atom stereocenters. The van der Waals surface area contributed by atoms with Crippen LogP contribution in [0.5, 0.6) is 0 Å².